The van der Waals surface area contributed by atoms with E-state index in [1.165, 1.54) is 28.9 Å². The van der Waals surface area contributed by atoms with E-state index in [0.29, 0.717) is 11.5 Å². The Kier molecular flexibility index (Phi) is 5.44. The third kappa shape index (κ3) is 4.46. The summed E-state index contributed by atoms with van der Waals surface area (Å²) in [5.74, 6) is -0.724. The van der Waals surface area contributed by atoms with Crippen LogP contribution in [0.3, 0.4) is 0 Å². The molecule has 0 fully saturated rings. The van der Waals surface area contributed by atoms with E-state index < -0.39 is 17.8 Å². The molecule has 0 aliphatic heterocycles. The summed E-state index contributed by atoms with van der Waals surface area (Å²) in [6.07, 6.45) is 0. The SMILES string of the molecule is Cc1nc(C(=O)NC(C)COc2ccccc2F)nn1-c1ccc(F)cc1. The molecule has 1 atom stereocenters. The normalized spacial score (nSPS) is 11.9. The van der Waals surface area contributed by atoms with E-state index in [-0.39, 0.29) is 24.0 Å². The highest BCUT2D eigenvalue weighted by atomic mass is 19.1. The number of nitrogens with one attached hydrogen (secondary N) is 1. The van der Waals surface area contributed by atoms with Crippen LogP contribution in [0.1, 0.15) is 23.4 Å². The number of benzene rings is 2. The van der Waals surface area contributed by atoms with E-state index in [1.54, 1.807) is 38.1 Å². The number of rotatable bonds is 6. The number of amides is 1. The van der Waals surface area contributed by atoms with Crippen LogP contribution in [0.4, 0.5) is 8.78 Å². The zero-order chi connectivity index (χ0) is 19.4. The Labute approximate surface area is 154 Å². The van der Waals surface area contributed by atoms with Crippen LogP contribution in [0.15, 0.2) is 48.5 Å². The molecule has 1 heterocycles. The lowest BCUT2D eigenvalue weighted by atomic mass is 10.3. The number of aryl methyl sites for hydroxylation is 1. The topological polar surface area (TPSA) is 69.0 Å². The lowest BCUT2D eigenvalue weighted by molar-refractivity contribution is 0.0915. The summed E-state index contributed by atoms with van der Waals surface area (Å²) >= 11 is 0. The summed E-state index contributed by atoms with van der Waals surface area (Å²) in [7, 11) is 0. The van der Waals surface area contributed by atoms with Crippen LogP contribution in [0, 0.1) is 18.6 Å². The third-order valence-electron chi connectivity index (χ3n) is 3.75. The van der Waals surface area contributed by atoms with Crippen LogP contribution in [-0.2, 0) is 0 Å². The van der Waals surface area contributed by atoms with E-state index in [1.807, 2.05) is 0 Å². The van der Waals surface area contributed by atoms with Crippen molar-refractivity contribution in [1.82, 2.24) is 20.1 Å². The Hall–Kier alpha value is -3.29. The van der Waals surface area contributed by atoms with Crippen molar-refractivity contribution in [2.75, 3.05) is 6.61 Å². The lowest BCUT2D eigenvalue weighted by Crippen LogP contribution is -2.37. The maximum atomic E-state index is 13.5. The summed E-state index contributed by atoms with van der Waals surface area (Å²) in [4.78, 5) is 16.5. The van der Waals surface area contributed by atoms with Crippen molar-refractivity contribution < 1.29 is 18.3 Å². The number of ether oxygens (including phenoxy) is 1. The van der Waals surface area contributed by atoms with Gasteiger partial charge in [0.2, 0.25) is 5.82 Å². The molecule has 0 aliphatic rings. The van der Waals surface area contributed by atoms with Gasteiger partial charge in [-0.3, -0.25) is 4.79 Å². The number of halogens is 2. The molecule has 8 heteroatoms. The van der Waals surface area contributed by atoms with Gasteiger partial charge in [0, 0.05) is 0 Å². The predicted octanol–water partition coefficient (Wildman–Crippen LogP) is 3.05. The molecule has 3 aromatic rings. The van der Waals surface area contributed by atoms with E-state index >= 15 is 0 Å². The first-order chi connectivity index (χ1) is 12.9. The molecule has 0 aliphatic carbocycles. The second-order valence-corrected chi connectivity index (χ2v) is 5.99. The Morgan fingerprint density at radius 3 is 2.59 bits per heavy atom. The molecular formula is C19H18F2N4O2. The minimum Gasteiger partial charge on any atom is -0.488 e. The summed E-state index contributed by atoms with van der Waals surface area (Å²) in [5, 5.41) is 6.87. The molecule has 1 amide bonds. The zero-order valence-electron chi connectivity index (χ0n) is 14.8. The fourth-order valence-corrected chi connectivity index (χ4v) is 2.42. The van der Waals surface area contributed by atoms with E-state index in [4.69, 9.17) is 4.74 Å². The van der Waals surface area contributed by atoms with Crippen LogP contribution < -0.4 is 10.1 Å². The molecular weight excluding hydrogens is 354 g/mol. The molecule has 0 radical (unpaired) electrons. The number of carbonyl (C=O) groups excluding carboxylic acids is 1. The van der Waals surface area contributed by atoms with E-state index in [9.17, 15) is 13.6 Å². The molecule has 6 nitrogen and oxygen atoms in total. The highest BCUT2D eigenvalue weighted by Gasteiger charge is 2.18. The van der Waals surface area contributed by atoms with Crippen molar-refractivity contribution in [3.63, 3.8) is 0 Å². The highest BCUT2D eigenvalue weighted by molar-refractivity contribution is 5.90. The smallest absolute Gasteiger partial charge is 0.291 e. The molecule has 2 aromatic carbocycles. The standard InChI is InChI=1S/C19H18F2N4O2/c1-12(11-27-17-6-4-3-5-16(17)21)22-19(26)18-23-13(2)25(24-18)15-9-7-14(20)8-10-15/h3-10,12H,11H2,1-2H3,(H,22,26). The van der Waals surface area contributed by atoms with Crippen LogP contribution in [-0.4, -0.2) is 33.3 Å². The second kappa shape index (κ2) is 7.94. The van der Waals surface area contributed by atoms with Crippen LogP contribution in [0.5, 0.6) is 5.75 Å². The average molecular weight is 372 g/mol. The molecule has 1 N–H and O–H groups in total. The monoisotopic (exact) mass is 372 g/mol. The first-order valence-corrected chi connectivity index (χ1v) is 8.32. The first kappa shape index (κ1) is 18.5. The largest absolute Gasteiger partial charge is 0.488 e. The zero-order valence-corrected chi connectivity index (χ0v) is 14.8. The summed E-state index contributed by atoms with van der Waals surface area (Å²) < 4.78 is 33.4. The molecule has 1 unspecified atom stereocenters. The maximum absolute atomic E-state index is 13.5. The lowest BCUT2D eigenvalue weighted by Gasteiger charge is -2.14. The molecule has 1 aromatic heterocycles. The van der Waals surface area contributed by atoms with Crippen molar-refractivity contribution in [3.8, 4) is 11.4 Å². The van der Waals surface area contributed by atoms with Gasteiger partial charge in [-0.15, -0.1) is 5.10 Å². The van der Waals surface area contributed by atoms with Crippen LogP contribution >= 0.6 is 0 Å². The molecule has 140 valence electrons. The molecule has 3 rings (SSSR count). The van der Waals surface area contributed by atoms with Gasteiger partial charge in [-0.05, 0) is 50.2 Å². The van der Waals surface area contributed by atoms with E-state index in [2.05, 4.69) is 15.4 Å². The molecule has 0 spiro atoms. The number of para-hydroxylation sites is 1. The Bertz CT molecular complexity index is 941. The van der Waals surface area contributed by atoms with Gasteiger partial charge in [0.15, 0.2) is 11.6 Å². The number of hydrogen-bond acceptors (Lipinski definition) is 4. The fourth-order valence-electron chi connectivity index (χ4n) is 2.42. The average Bonchev–Trinajstić information content (AvgIpc) is 3.03. The van der Waals surface area contributed by atoms with Crippen LogP contribution in [0.2, 0.25) is 0 Å². The quantitative estimate of drug-likeness (QED) is 0.722. The summed E-state index contributed by atoms with van der Waals surface area (Å²) in [6, 6.07) is 11.3. The Morgan fingerprint density at radius 2 is 1.89 bits per heavy atom. The minimum absolute atomic E-state index is 0.0189. The van der Waals surface area contributed by atoms with Gasteiger partial charge in [-0.25, -0.2) is 18.4 Å². The third-order valence-corrected chi connectivity index (χ3v) is 3.75. The molecule has 27 heavy (non-hydrogen) atoms. The predicted molar refractivity (Wildman–Crippen MR) is 94.9 cm³/mol. The highest BCUT2D eigenvalue weighted by Crippen LogP contribution is 2.15. The van der Waals surface area contributed by atoms with Crippen LogP contribution in [0.25, 0.3) is 5.69 Å². The van der Waals surface area contributed by atoms with Crippen molar-refractivity contribution in [3.05, 3.63) is 71.8 Å². The number of nitrogens with zero attached hydrogens (tertiary/aromatic N) is 3. The van der Waals surface area contributed by atoms with Crippen molar-refractivity contribution in [1.29, 1.82) is 0 Å². The van der Waals surface area contributed by atoms with Gasteiger partial charge in [-0.1, -0.05) is 12.1 Å². The number of hydrogen-bond donors (Lipinski definition) is 1. The second-order valence-electron chi connectivity index (χ2n) is 5.99. The summed E-state index contributed by atoms with van der Waals surface area (Å²) in [6.45, 7) is 3.50. The fraction of sp³-hybridized carbons (Fsp3) is 0.211. The molecule has 0 bridgehead atoms. The molecule has 0 saturated carbocycles. The minimum atomic E-state index is -0.483. The number of aromatic nitrogens is 3. The summed E-state index contributed by atoms with van der Waals surface area (Å²) in [5.41, 5.74) is 0.594. The maximum Gasteiger partial charge on any atom is 0.291 e. The molecule has 0 saturated heterocycles. The van der Waals surface area contributed by atoms with Gasteiger partial charge >= 0.3 is 0 Å². The Morgan fingerprint density at radius 1 is 1.19 bits per heavy atom. The van der Waals surface area contributed by atoms with Gasteiger partial charge in [-0.2, -0.15) is 0 Å². The first-order valence-electron chi connectivity index (χ1n) is 8.32. The van der Waals surface area contributed by atoms with Gasteiger partial charge in [0.05, 0.1) is 11.7 Å². The van der Waals surface area contributed by atoms with Crippen molar-refractivity contribution >= 4 is 5.91 Å². The number of carbonyl (C=O) groups is 1. The van der Waals surface area contributed by atoms with Gasteiger partial charge in [0.25, 0.3) is 5.91 Å². The van der Waals surface area contributed by atoms with Crippen molar-refractivity contribution in [2.24, 2.45) is 0 Å². The van der Waals surface area contributed by atoms with Gasteiger partial charge < -0.3 is 10.1 Å². The van der Waals surface area contributed by atoms with Crippen molar-refractivity contribution in [2.45, 2.75) is 19.9 Å². The Balaban J connectivity index is 1.63. The van der Waals surface area contributed by atoms with E-state index in [0.717, 1.165) is 0 Å². The van der Waals surface area contributed by atoms with Gasteiger partial charge in [0.1, 0.15) is 18.2 Å².